The largest absolute Gasteiger partial charge is 0.497 e. The van der Waals surface area contributed by atoms with Gasteiger partial charge in [0.1, 0.15) is 5.75 Å². The van der Waals surface area contributed by atoms with Gasteiger partial charge < -0.3 is 4.74 Å². The van der Waals surface area contributed by atoms with Gasteiger partial charge in [-0.25, -0.2) is 0 Å². The van der Waals surface area contributed by atoms with Crippen molar-refractivity contribution in [2.45, 2.75) is 6.54 Å². The van der Waals surface area contributed by atoms with Crippen LogP contribution >= 0.6 is 11.8 Å². The number of nitro groups is 1. The molecule has 1 aliphatic rings. The number of hydrogen-bond donors (Lipinski definition) is 0. The molecule has 2 amide bonds. The minimum Gasteiger partial charge on any atom is -0.497 e. The van der Waals surface area contributed by atoms with Crippen molar-refractivity contribution in [3.05, 3.63) is 74.7 Å². The second-order valence-electron chi connectivity index (χ2n) is 5.43. The Labute approximate surface area is 153 Å². The molecule has 0 saturated carbocycles. The van der Waals surface area contributed by atoms with E-state index in [0.717, 1.165) is 22.2 Å². The van der Waals surface area contributed by atoms with Gasteiger partial charge in [0.25, 0.3) is 16.8 Å². The highest BCUT2D eigenvalue weighted by Crippen LogP contribution is 2.34. The van der Waals surface area contributed by atoms with E-state index in [1.54, 1.807) is 43.5 Å². The molecule has 1 saturated heterocycles. The first-order chi connectivity index (χ1) is 12.5. The smallest absolute Gasteiger partial charge is 0.293 e. The van der Waals surface area contributed by atoms with Gasteiger partial charge >= 0.3 is 0 Å². The predicted molar refractivity (Wildman–Crippen MR) is 97.6 cm³/mol. The summed E-state index contributed by atoms with van der Waals surface area (Å²) in [6.45, 7) is -0.142. The fourth-order valence-electron chi connectivity index (χ4n) is 2.51. The minimum absolute atomic E-state index is 0.122. The van der Waals surface area contributed by atoms with E-state index in [4.69, 9.17) is 4.74 Å². The number of carbonyl (C=O) groups excluding carboxylic acids is 2. The molecular weight excluding hydrogens is 356 g/mol. The lowest BCUT2D eigenvalue weighted by Gasteiger charge is -2.12. The second kappa shape index (κ2) is 7.40. The van der Waals surface area contributed by atoms with Crippen molar-refractivity contribution in [1.82, 2.24) is 4.90 Å². The topological polar surface area (TPSA) is 89.8 Å². The highest BCUT2D eigenvalue weighted by Gasteiger charge is 2.36. The summed E-state index contributed by atoms with van der Waals surface area (Å²) in [6, 6.07) is 13.1. The molecule has 0 bridgehead atoms. The monoisotopic (exact) mass is 370 g/mol. The number of nitro benzene ring substituents is 1. The number of para-hydroxylation sites is 1. The van der Waals surface area contributed by atoms with Gasteiger partial charge in [-0.3, -0.25) is 24.6 Å². The first-order valence-corrected chi connectivity index (χ1v) is 8.43. The zero-order valence-corrected chi connectivity index (χ0v) is 14.6. The van der Waals surface area contributed by atoms with Crippen LogP contribution in [0, 0.1) is 10.1 Å². The van der Waals surface area contributed by atoms with Crippen molar-refractivity contribution in [3.8, 4) is 5.75 Å². The molecule has 8 heteroatoms. The van der Waals surface area contributed by atoms with Crippen LogP contribution in [0.1, 0.15) is 11.1 Å². The van der Waals surface area contributed by atoms with Gasteiger partial charge in [-0.15, -0.1) is 0 Å². The summed E-state index contributed by atoms with van der Waals surface area (Å²) in [5.74, 6) is 0.166. The van der Waals surface area contributed by atoms with Gasteiger partial charge in [-0.1, -0.05) is 30.3 Å². The number of ether oxygens (including phenoxy) is 1. The third kappa shape index (κ3) is 3.60. The first-order valence-electron chi connectivity index (χ1n) is 7.61. The number of carbonyl (C=O) groups is 2. The number of imide groups is 1. The molecule has 1 fully saturated rings. The van der Waals surface area contributed by atoms with Crippen LogP contribution in [0.15, 0.2) is 53.4 Å². The van der Waals surface area contributed by atoms with Crippen LogP contribution in [-0.2, 0) is 11.3 Å². The van der Waals surface area contributed by atoms with E-state index < -0.39 is 16.1 Å². The van der Waals surface area contributed by atoms with Crippen LogP contribution in [0.2, 0.25) is 0 Å². The average molecular weight is 370 g/mol. The molecule has 26 heavy (non-hydrogen) atoms. The Hall–Kier alpha value is -3.13. The van der Waals surface area contributed by atoms with Crippen LogP contribution in [0.5, 0.6) is 5.75 Å². The Kier molecular flexibility index (Phi) is 5.04. The predicted octanol–water partition coefficient (Wildman–Crippen LogP) is 3.84. The van der Waals surface area contributed by atoms with Crippen molar-refractivity contribution < 1.29 is 19.2 Å². The SMILES string of the molecule is COc1cccc(/C=C2/SC(=O)N(Cc3ccccc3[N+](=O)[O-])C2=O)c1. The number of thioether (sulfide) groups is 1. The highest BCUT2D eigenvalue weighted by atomic mass is 32.2. The van der Waals surface area contributed by atoms with E-state index in [2.05, 4.69) is 0 Å². The van der Waals surface area contributed by atoms with Gasteiger partial charge in [-0.2, -0.15) is 0 Å². The molecule has 0 spiro atoms. The lowest BCUT2D eigenvalue weighted by Crippen LogP contribution is -2.27. The zero-order chi connectivity index (χ0) is 18.7. The lowest BCUT2D eigenvalue weighted by molar-refractivity contribution is -0.385. The van der Waals surface area contributed by atoms with E-state index in [0.29, 0.717) is 11.3 Å². The van der Waals surface area contributed by atoms with Gasteiger partial charge in [0.05, 0.1) is 23.5 Å². The van der Waals surface area contributed by atoms with Crippen molar-refractivity contribution in [2.75, 3.05) is 7.11 Å². The molecule has 0 aliphatic carbocycles. The molecule has 3 rings (SSSR count). The van der Waals surface area contributed by atoms with Gasteiger partial charge in [0.2, 0.25) is 0 Å². The molecule has 132 valence electrons. The van der Waals surface area contributed by atoms with Gasteiger partial charge in [0.15, 0.2) is 0 Å². The van der Waals surface area contributed by atoms with Crippen LogP contribution in [0.25, 0.3) is 6.08 Å². The Bertz CT molecular complexity index is 925. The Morgan fingerprint density at radius 2 is 1.96 bits per heavy atom. The standard InChI is InChI=1S/C18H14N2O5S/c1-25-14-7-4-5-12(9-14)10-16-17(21)19(18(22)26-16)11-13-6-2-3-8-15(13)20(23)24/h2-10H,11H2,1H3/b16-10+. The van der Waals surface area contributed by atoms with E-state index in [9.17, 15) is 19.7 Å². The molecular formula is C18H14N2O5S. The van der Waals surface area contributed by atoms with Crippen LogP contribution in [-0.4, -0.2) is 28.1 Å². The number of rotatable bonds is 5. The summed E-state index contributed by atoms with van der Waals surface area (Å²) in [6.07, 6.45) is 1.60. The zero-order valence-electron chi connectivity index (χ0n) is 13.7. The van der Waals surface area contributed by atoms with Crippen LogP contribution < -0.4 is 4.74 Å². The summed E-state index contributed by atoms with van der Waals surface area (Å²) in [4.78, 5) is 36.7. The third-order valence-electron chi connectivity index (χ3n) is 3.78. The maximum Gasteiger partial charge on any atom is 0.293 e. The Balaban J connectivity index is 1.85. The summed E-state index contributed by atoms with van der Waals surface area (Å²) >= 11 is 0.811. The number of methoxy groups -OCH3 is 1. The van der Waals surface area contributed by atoms with E-state index >= 15 is 0 Å². The third-order valence-corrected chi connectivity index (χ3v) is 4.69. The first kappa shape index (κ1) is 17.7. The number of amides is 2. The van der Waals surface area contributed by atoms with Crippen molar-refractivity contribution in [3.63, 3.8) is 0 Å². The number of hydrogen-bond acceptors (Lipinski definition) is 6. The Morgan fingerprint density at radius 3 is 2.69 bits per heavy atom. The van der Waals surface area contributed by atoms with Gasteiger partial charge in [0, 0.05) is 11.6 Å². The van der Waals surface area contributed by atoms with Crippen molar-refractivity contribution in [1.29, 1.82) is 0 Å². The van der Waals surface area contributed by atoms with Gasteiger partial charge in [-0.05, 0) is 35.5 Å². The maximum atomic E-state index is 12.6. The van der Waals surface area contributed by atoms with Crippen LogP contribution in [0.3, 0.4) is 0 Å². The van der Waals surface area contributed by atoms with E-state index in [-0.39, 0.29) is 17.1 Å². The summed E-state index contributed by atoms with van der Waals surface area (Å²) in [5, 5.41) is 10.7. The summed E-state index contributed by atoms with van der Waals surface area (Å²) in [5.41, 5.74) is 0.909. The normalized spacial score (nSPS) is 15.6. The molecule has 2 aromatic rings. The van der Waals surface area contributed by atoms with Crippen molar-refractivity contribution >= 4 is 34.7 Å². The molecule has 0 aromatic heterocycles. The second-order valence-corrected chi connectivity index (χ2v) is 6.42. The fourth-order valence-corrected chi connectivity index (χ4v) is 3.35. The minimum atomic E-state index is -0.527. The van der Waals surface area contributed by atoms with Crippen molar-refractivity contribution in [2.24, 2.45) is 0 Å². The summed E-state index contributed by atoms with van der Waals surface area (Å²) in [7, 11) is 1.54. The molecule has 0 N–H and O–H groups in total. The molecule has 1 heterocycles. The van der Waals surface area contributed by atoms with E-state index in [1.807, 2.05) is 0 Å². The molecule has 2 aromatic carbocycles. The van der Waals surface area contributed by atoms with E-state index in [1.165, 1.54) is 18.2 Å². The molecule has 1 aliphatic heterocycles. The molecule has 7 nitrogen and oxygen atoms in total. The fraction of sp³-hybridized carbons (Fsp3) is 0.111. The lowest BCUT2D eigenvalue weighted by atomic mass is 10.1. The number of benzene rings is 2. The number of nitrogens with zero attached hydrogens (tertiary/aromatic N) is 2. The molecule has 0 radical (unpaired) electrons. The summed E-state index contributed by atoms with van der Waals surface area (Å²) < 4.78 is 5.14. The average Bonchev–Trinajstić information content (AvgIpc) is 2.89. The quantitative estimate of drug-likeness (QED) is 0.451. The molecule has 0 atom stereocenters. The van der Waals surface area contributed by atoms with Crippen LogP contribution in [0.4, 0.5) is 10.5 Å². The maximum absolute atomic E-state index is 12.6. The Morgan fingerprint density at radius 1 is 1.19 bits per heavy atom. The highest BCUT2D eigenvalue weighted by molar-refractivity contribution is 8.18. The molecule has 0 unspecified atom stereocenters.